The van der Waals surface area contributed by atoms with Gasteiger partial charge in [-0.25, -0.2) is 23.0 Å². The first kappa shape index (κ1) is 35.8. The fraction of sp³-hybridized carbons (Fsp3) is 0.400. The molecule has 54 heavy (non-hydrogen) atoms. The minimum Gasteiger partial charge on any atom is -0.508 e. The highest BCUT2D eigenvalue weighted by molar-refractivity contribution is 6.02. The quantitative estimate of drug-likeness (QED) is 0.174. The molecule has 3 atom stereocenters. The van der Waals surface area contributed by atoms with Crippen molar-refractivity contribution in [3.8, 4) is 23.0 Å². The third-order valence-electron chi connectivity index (χ3n) is 10.9. The molecule has 3 saturated heterocycles. The Hall–Kier alpha value is -5.21. The fourth-order valence-electron chi connectivity index (χ4n) is 8.28. The van der Waals surface area contributed by atoms with Crippen LogP contribution in [-0.4, -0.2) is 91.3 Å². The van der Waals surface area contributed by atoms with Crippen LogP contribution in [0, 0.1) is 11.6 Å². The first-order valence-corrected chi connectivity index (χ1v) is 18.3. The molecule has 14 heteroatoms. The molecule has 0 saturated carbocycles. The number of carbonyl (C=O) groups is 1. The number of aromatic hydroxyl groups is 1. The summed E-state index contributed by atoms with van der Waals surface area (Å²) in [4.78, 5) is 29.6. The van der Waals surface area contributed by atoms with Gasteiger partial charge in [-0.2, -0.15) is 9.97 Å². The van der Waals surface area contributed by atoms with Crippen molar-refractivity contribution in [1.82, 2.24) is 24.9 Å². The van der Waals surface area contributed by atoms with Gasteiger partial charge in [-0.3, -0.25) is 14.9 Å². The van der Waals surface area contributed by atoms with Crippen molar-refractivity contribution in [2.75, 3.05) is 37.8 Å². The number of β-amino-alcohol motifs (C(OH)–C–C–N with tert-alkyl or cyclic N) is 1. The van der Waals surface area contributed by atoms with Gasteiger partial charge in [0.25, 0.3) is 0 Å². The molecule has 8 rings (SSSR count). The van der Waals surface area contributed by atoms with Crippen LogP contribution in [0.2, 0.25) is 0 Å². The van der Waals surface area contributed by atoms with Gasteiger partial charge < -0.3 is 19.7 Å². The second-order valence-electron chi connectivity index (χ2n) is 14.8. The molecular weight excluding hydrogens is 701 g/mol. The number of aromatic nitrogens is 3. The maximum absolute atomic E-state index is 17.2. The molecule has 0 aliphatic carbocycles. The van der Waals surface area contributed by atoms with E-state index in [1.807, 2.05) is 30.3 Å². The van der Waals surface area contributed by atoms with Crippen LogP contribution in [0.1, 0.15) is 50.7 Å². The lowest BCUT2D eigenvalue weighted by Gasteiger charge is -2.44. The molecule has 5 aromatic rings. The number of rotatable bonds is 8. The molecule has 5 heterocycles. The van der Waals surface area contributed by atoms with E-state index in [9.17, 15) is 19.4 Å². The van der Waals surface area contributed by atoms with Gasteiger partial charge in [-0.1, -0.05) is 43.3 Å². The van der Waals surface area contributed by atoms with Crippen LogP contribution in [0.25, 0.3) is 32.9 Å². The third kappa shape index (κ3) is 6.51. The van der Waals surface area contributed by atoms with Crippen molar-refractivity contribution >= 4 is 33.6 Å². The number of carbonyl (C=O) groups excluding carboxylic acids is 1. The molecule has 0 radical (unpaired) electrons. The van der Waals surface area contributed by atoms with Crippen molar-refractivity contribution in [3.63, 3.8) is 0 Å². The first-order valence-electron chi connectivity index (χ1n) is 18.3. The maximum Gasteiger partial charge on any atom is 0.429 e. The predicted octanol–water partition coefficient (Wildman–Crippen LogP) is 6.86. The standard InChI is InChI=1S/C40H41F3N6O5/c1-3-28-31(42)11-10-25-16-27(50)17-29(32(25)28)34-33(43)35-30(19-44-34)36(46-37(45-35)54-23-40-12-7-14-47(40)20-26(41)18-40)48-15-13-39(2,52)22-49(48)38(51)53-21-24-8-5-4-6-9-24/h4-6,8-11,16-17,19,26,50,52H,3,7,12-15,18,20-23H2,1-2H3/t26-,39?,40+/m1/s1. The van der Waals surface area contributed by atoms with Crippen molar-refractivity contribution in [2.24, 2.45) is 0 Å². The SMILES string of the molecule is CCc1c(F)ccc2cc(O)cc(-c3ncc4c(N5CCC(C)(O)CN5C(=O)OCc5ccccc5)nc(OC[C@@]56CCCN5C[C@H](F)C6)nc4c3F)c12. The normalized spacial score (nSPS) is 23.0. The number of ether oxygens (including phenoxy) is 2. The number of aliphatic hydroxyl groups is 1. The largest absolute Gasteiger partial charge is 0.508 e. The lowest BCUT2D eigenvalue weighted by Crippen LogP contribution is -2.59. The Morgan fingerprint density at radius 1 is 1.07 bits per heavy atom. The second-order valence-corrected chi connectivity index (χ2v) is 14.8. The average Bonchev–Trinajstić information content (AvgIpc) is 3.68. The van der Waals surface area contributed by atoms with Gasteiger partial charge in [0.15, 0.2) is 11.6 Å². The minimum atomic E-state index is -1.28. The molecule has 3 aliphatic rings. The molecule has 0 bridgehead atoms. The van der Waals surface area contributed by atoms with Gasteiger partial charge >= 0.3 is 12.1 Å². The summed E-state index contributed by atoms with van der Waals surface area (Å²) in [6.45, 7) is 4.40. The highest BCUT2D eigenvalue weighted by Gasteiger charge is 2.49. The maximum atomic E-state index is 17.2. The van der Waals surface area contributed by atoms with Gasteiger partial charge in [0.2, 0.25) is 0 Å². The summed E-state index contributed by atoms with van der Waals surface area (Å²) in [6, 6.07) is 14.6. The summed E-state index contributed by atoms with van der Waals surface area (Å²) < 4.78 is 58.9. The molecule has 11 nitrogen and oxygen atoms in total. The lowest BCUT2D eigenvalue weighted by molar-refractivity contribution is -0.0178. The smallest absolute Gasteiger partial charge is 0.429 e. The van der Waals surface area contributed by atoms with E-state index < -0.39 is 35.0 Å². The zero-order valence-electron chi connectivity index (χ0n) is 30.1. The highest BCUT2D eigenvalue weighted by atomic mass is 19.1. The monoisotopic (exact) mass is 742 g/mol. The first-order chi connectivity index (χ1) is 25.9. The molecular formula is C40H41F3N6O5. The Bertz CT molecular complexity index is 2240. The van der Waals surface area contributed by atoms with E-state index in [0.29, 0.717) is 35.7 Å². The van der Waals surface area contributed by atoms with Crippen LogP contribution < -0.4 is 9.75 Å². The van der Waals surface area contributed by atoms with Gasteiger partial charge in [-0.15, -0.1) is 0 Å². The Morgan fingerprint density at radius 3 is 2.69 bits per heavy atom. The number of aryl methyl sites for hydroxylation is 1. The van der Waals surface area contributed by atoms with Crippen LogP contribution in [0.4, 0.5) is 23.8 Å². The Kier molecular flexibility index (Phi) is 9.21. The molecule has 2 N–H and O–H groups in total. The summed E-state index contributed by atoms with van der Waals surface area (Å²) in [5.74, 6) is -1.43. The van der Waals surface area contributed by atoms with Crippen molar-refractivity contribution in [1.29, 1.82) is 0 Å². The van der Waals surface area contributed by atoms with Crippen LogP contribution in [0.3, 0.4) is 0 Å². The second kappa shape index (κ2) is 13.9. The van der Waals surface area contributed by atoms with Gasteiger partial charge in [-0.05, 0) is 79.3 Å². The predicted molar refractivity (Wildman–Crippen MR) is 196 cm³/mol. The summed E-state index contributed by atoms with van der Waals surface area (Å²) >= 11 is 0. The number of benzene rings is 3. The minimum absolute atomic E-state index is 0.0308. The van der Waals surface area contributed by atoms with E-state index in [2.05, 4.69) is 14.9 Å². The Balaban J connectivity index is 1.26. The van der Waals surface area contributed by atoms with E-state index in [-0.39, 0.29) is 72.5 Å². The van der Waals surface area contributed by atoms with E-state index in [0.717, 1.165) is 24.9 Å². The van der Waals surface area contributed by atoms with Gasteiger partial charge in [0, 0.05) is 31.3 Å². The number of pyridine rings is 1. The molecule has 2 aromatic heterocycles. The lowest BCUT2D eigenvalue weighted by atomic mass is 9.94. The van der Waals surface area contributed by atoms with Gasteiger partial charge in [0.05, 0.1) is 23.1 Å². The number of halogens is 3. The number of hydrogen-bond donors (Lipinski definition) is 2. The molecule has 3 fully saturated rings. The topological polar surface area (TPSA) is 124 Å². The number of phenols is 1. The van der Waals surface area contributed by atoms with Crippen molar-refractivity contribution in [3.05, 3.63) is 83.6 Å². The summed E-state index contributed by atoms with van der Waals surface area (Å²) in [6.07, 6.45) is 2.03. The summed E-state index contributed by atoms with van der Waals surface area (Å²) in [7, 11) is 0. The van der Waals surface area contributed by atoms with Crippen LogP contribution >= 0.6 is 0 Å². The van der Waals surface area contributed by atoms with Crippen LogP contribution in [0.15, 0.2) is 60.8 Å². The zero-order valence-corrected chi connectivity index (χ0v) is 30.1. The number of nitrogens with zero attached hydrogens (tertiary/aromatic N) is 6. The van der Waals surface area contributed by atoms with Gasteiger partial charge in [0.1, 0.15) is 42.2 Å². The number of alkyl halides is 1. The van der Waals surface area contributed by atoms with Crippen LogP contribution in [0.5, 0.6) is 11.8 Å². The molecule has 0 spiro atoms. The number of hydrazine groups is 1. The number of hydrogen-bond acceptors (Lipinski definition) is 10. The number of phenolic OH excluding ortho intramolecular Hbond substituents is 1. The molecule has 1 unspecified atom stereocenters. The van der Waals surface area contributed by atoms with E-state index in [4.69, 9.17) is 14.5 Å². The molecule has 282 valence electrons. The van der Waals surface area contributed by atoms with Crippen molar-refractivity contribution in [2.45, 2.75) is 69.9 Å². The molecule has 1 amide bonds. The average molecular weight is 743 g/mol. The Labute approximate surface area is 309 Å². The summed E-state index contributed by atoms with van der Waals surface area (Å²) in [5.41, 5.74) is -0.948. The summed E-state index contributed by atoms with van der Waals surface area (Å²) in [5, 5.41) is 25.6. The van der Waals surface area contributed by atoms with E-state index in [1.54, 1.807) is 13.8 Å². The highest BCUT2D eigenvalue weighted by Crippen LogP contribution is 2.42. The number of amides is 1. The third-order valence-corrected chi connectivity index (χ3v) is 10.9. The van der Waals surface area contributed by atoms with Crippen molar-refractivity contribution < 1.29 is 37.7 Å². The zero-order chi connectivity index (χ0) is 37.8. The number of fused-ring (bicyclic) bond motifs is 3. The molecule has 3 aromatic carbocycles. The fourth-order valence-corrected chi connectivity index (χ4v) is 8.28. The number of anilines is 1. The van der Waals surface area contributed by atoms with E-state index in [1.165, 1.54) is 40.5 Å². The Morgan fingerprint density at radius 2 is 1.89 bits per heavy atom. The van der Waals surface area contributed by atoms with E-state index >= 15 is 8.78 Å². The molecule has 3 aliphatic heterocycles. The van der Waals surface area contributed by atoms with Crippen LogP contribution in [-0.2, 0) is 17.8 Å².